The molecule has 16 heavy (non-hydrogen) atoms. The molecule has 2 atom stereocenters. The van der Waals surface area contributed by atoms with Crippen LogP contribution in [0.3, 0.4) is 0 Å². The molecule has 4 heteroatoms. The van der Waals surface area contributed by atoms with E-state index in [1.807, 2.05) is 25.1 Å². The van der Waals surface area contributed by atoms with Gasteiger partial charge in [-0.2, -0.15) is 0 Å². The van der Waals surface area contributed by atoms with Gasteiger partial charge in [-0.25, -0.2) is 0 Å². The van der Waals surface area contributed by atoms with Gasteiger partial charge >= 0.3 is 0 Å². The van der Waals surface area contributed by atoms with Gasteiger partial charge in [-0.3, -0.25) is 9.78 Å². The predicted octanol–water partition coefficient (Wildman–Crippen LogP) is 1.01. The van der Waals surface area contributed by atoms with Gasteiger partial charge in [0.15, 0.2) is 0 Å². The largest absolute Gasteiger partial charge is 0.347 e. The lowest BCUT2D eigenvalue weighted by Crippen LogP contribution is -2.41. The van der Waals surface area contributed by atoms with Crippen molar-refractivity contribution in [3.8, 4) is 0 Å². The first-order valence-electron chi connectivity index (χ1n) is 5.72. The first-order valence-corrected chi connectivity index (χ1v) is 5.72. The third-order valence-electron chi connectivity index (χ3n) is 2.87. The van der Waals surface area contributed by atoms with E-state index in [0.717, 1.165) is 25.1 Å². The molecule has 2 N–H and O–H groups in total. The average Bonchev–Trinajstić information content (AvgIpc) is 2.83. The third-order valence-corrected chi connectivity index (χ3v) is 2.87. The van der Waals surface area contributed by atoms with E-state index in [9.17, 15) is 4.79 Å². The number of rotatable bonds is 3. The summed E-state index contributed by atoms with van der Waals surface area (Å²) in [5.74, 6) is 0.0793. The molecule has 0 spiro atoms. The van der Waals surface area contributed by atoms with Crippen LogP contribution in [0.1, 0.15) is 31.5 Å². The minimum atomic E-state index is -0.0314. The van der Waals surface area contributed by atoms with Crippen LogP contribution in [0, 0.1) is 0 Å². The lowest BCUT2D eigenvalue weighted by Gasteiger charge is -2.16. The first-order chi connectivity index (χ1) is 7.77. The molecule has 1 aromatic rings. The number of carbonyl (C=O) groups excluding carboxylic acids is 1. The fraction of sp³-hybridized carbons (Fsp3) is 0.500. The molecular formula is C12H17N3O. The Bertz CT molecular complexity index is 347. The van der Waals surface area contributed by atoms with Gasteiger partial charge in [-0.05, 0) is 38.4 Å². The van der Waals surface area contributed by atoms with Crippen LogP contribution in [-0.2, 0) is 4.79 Å². The fourth-order valence-corrected chi connectivity index (χ4v) is 1.93. The number of amides is 1. The van der Waals surface area contributed by atoms with Crippen LogP contribution >= 0.6 is 0 Å². The summed E-state index contributed by atoms with van der Waals surface area (Å²) in [6, 6.07) is 5.67. The Morgan fingerprint density at radius 3 is 3.12 bits per heavy atom. The topological polar surface area (TPSA) is 54.0 Å². The normalized spacial score (nSPS) is 21.7. The molecule has 2 rings (SSSR count). The zero-order valence-electron chi connectivity index (χ0n) is 9.44. The molecule has 4 nitrogen and oxygen atoms in total. The molecule has 1 fully saturated rings. The molecular weight excluding hydrogens is 202 g/mol. The van der Waals surface area contributed by atoms with Crippen molar-refractivity contribution < 1.29 is 4.79 Å². The zero-order chi connectivity index (χ0) is 11.4. The van der Waals surface area contributed by atoms with E-state index in [2.05, 4.69) is 15.6 Å². The van der Waals surface area contributed by atoms with Crippen LogP contribution in [0.5, 0.6) is 0 Å². The Morgan fingerprint density at radius 1 is 1.62 bits per heavy atom. The molecule has 0 radical (unpaired) electrons. The lowest BCUT2D eigenvalue weighted by molar-refractivity contribution is -0.123. The number of pyridine rings is 1. The van der Waals surface area contributed by atoms with Crippen LogP contribution in [0.15, 0.2) is 24.4 Å². The summed E-state index contributed by atoms with van der Waals surface area (Å²) in [4.78, 5) is 16.1. The molecule has 86 valence electrons. The van der Waals surface area contributed by atoms with Crippen molar-refractivity contribution in [3.05, 3.63) is 30.1 Å². The van der Waals surface area contributed by atoms with Gasteiger partial charge in [0, 0.05) is 6.20 Å². The number of nitrogens with one attached hydrogen (secondary N) is 2. The highest BCUT2D eigenvalue weighted by Crippen LogP contribution is 2.10. The third kappa shape index (κ3) is 2.58. The zero-order valence-corrected chi connectivity index (χ0v) is 9.44. The summed E-state index contributed by atoms with van der Waals surface area (Å²) in [6.07, 6.45) is 3.75. The quantitative estimate of drug-likeness (QED) is 0.797. The van der Waals surface area contributed by atoms with E-state index < -0.39 is 0 Å². The van der Waals surface area contributed by atoms with E-state index in [1.54, 1.807) is 6.20 Å². The Kier molecular flexibility index (Phi) is 3.51. The van der Waals surface area contributed by atoms with Crippen molar-refractivity contribution in [3.63, 3.8) is 0 Å². The number of carbonyl (C=O) groups is 1. The predicted molar refractivity (Wildman–Crippen MR) is 61.8 cm³/mol. The maximum Gasteiger partial charge on any atom is 0.237 e. The van der Waals surface area contributed by atoms with E-state index in [4.69, 9.17) is 0 Å². The molecule has 1 amide bonds. The SMILES string of the molecule is CC(NC(=O)[C@@H]1CCCN1)c1ccccn1. The van der Waals surface area contributed by atoms with Crippen LogP contribution in [0.2, 0.25) is 0 Å². The standard InChI is InChI=1S/C12H17N3O/c1-9(10-5-2-3-7-13-10)15-12(16)11-6-4-8-14-11/h2-3,5,7,9,11,14H,4,6,8H2,1H3,(H,15,16)/t9?,11-/m0/s1. The van der Waals surface area contributed by atoms with Crippen LogP contribution in [-0.4, -0.2) is 23.5 Å². The highest BCUT2D eigenvalue weighted by molar-refractivity contribution is 5.82. The minimum Gasteiger partial charge on any atom is -0.347 e. The fourth-order valence-electron chi connectivity index (χ4n) is 1.93. The maximum absolute atomic E-state index is 11.8. The van der Waals surface area contributed by atoms with Crippen molar-refractivity contribution in [1.82, 2.24) is 15.6 Å². The van der Waals surface area contributed by atoms with Crippen LogP contribution in [0.25, 0.3) is 0 Å². The van der Waals surface area contributed by atoms with Gasteiger partial charge < -0.3 is 10.6 Å². The molecule has 0 aromatic carbocycles. The Balaban J connectivity index is 1.92. The molecule has 0 aliphatic carbocycles. The second kappa shape index (κ2) is 5.07. The van der Waals surface area contributed by atoms with E-state index in [0.29, 0.717) is 0 Å². The van der Waals surface area contributed by atoms with E-state index >= 15 is 0 Å². The summed E-state index contributed by atoms with van der Waals surface area (Å²) in [6.45, 7) is 2.89. The summed E-state index contributed by atoms with van der Waals surface area (Å²) in [7, 11) is 0. The van der Waals surface area contributed by atoms with E-state index in [-0.39, 0.29) is 18.0 Å². The number of hydrogen-bond donors (Lipinski definition) is 2. The summed E-state index contributed by atoms with van der Waals surface area (Å²) >= 11 is 0. The van der Waals surface area contributed by atoms with Gasteiger partial charge in [-0.15, -0.1) is 0 Å². The Morgan fingerprint density at radius 2 is 2.50 bits per heavy atom. The summed E-state index contributed by atoms with van der Waals surface area (Å²) in [5, 5.41) is 6.15. The number of hydrogen-bond acceptors (Lipinski definition) is 3. The molecule has 0 saturated carbocycles. The van der Waals surface area contributed by atoms with Gasteiger partial charge in [0.1, 0.15) is 0 Å². The molecule has 1 saturated heterocycles. The Labute approximate surface area is 95.5 Å². The average molecular weight is 219 g/mol. The van der Waals surface area contributed by atoms with E-state index in [1.165, 1.54) is 0 Å². The molecule has 1 unspecified atom stereocenters. The summed E-state index contributed by atoms with van der Waals surface area (Å²) in [5.41, 5.74) is 0.897. The van der Waals surface area contributed by atoms with Crippen molar-refractivity contribution in [2.24, 2.45) is 0 Å². The van der Waals surface area contributed by atoms with Crippen molar-refractivity contribution in [1.29, 1.82) is 0 Å². The maximum atomic E-state index is 11.8. The van der Waals surface area contributed by atoms with Crippen molar-refractivity contribution in [2.75, 3.05) is 6.54 Å². The van der Waals surface area contributed by atoms with Gasteiger partial charge in [-0.1, -0.05) is 6.07 Å². The lowest BCUT2D eigenvalue weighted by atomic mass is 10.1. The van der Waals surface area contributed by atoms with Crippen molar-refractivity contribution in [2.45, 2.75) is 31.8 Å². The first kappa shape index (κ1) is 11.1. The van der Waals surface area contributed by atoms with Gasteiger partial charge in [0.2, 0.25) is 5.91 Å². The highest BCUT2D eigenvalue weighted by Gasteiger charge is 2.23. The molecule has 1 aromatic heterocycles. The molecule has 1 aliphatic heterocycles. The second-order valence-corrected chi connectivity index (χ2v) is 4.13. The van der Waals surface area contributed by atoms with Crippen LogP contribution < -0.4 is 10.6 Å². The van der Waals surface area contributed by atoms with Crippen molar-refractivity contribution >= 4 is 5.91 Å². The van der Waals surface area contributed by atoms with Gasteiger partial charge in [0.05, 0.1) is 17.8 Å². The smallest absolute Gasteiger partial charge is 0.237 e. The summed E-state index contributed by atoms with van der Waals surface area (Å²) < 4.78 is 0. The van der Waals surface area contributed by atoms with Crippen LogP contribution in [0.4, 0.5) is 0 Å². The Hall–Kier alpha value is -1.42. The molecule has 2 heterocycles. The van der Waals surface area contributed by atoms with Gasteiger partial charge in [0.25, 0.3) is 0 Å². The number of aromatic nitrogens is 1. The number of nitrogens with zero attached hydrogens (tertiary/aromatic N) is 1. The molecule has 0 bridgehead atoms. The minimum absolute atomic E-state index is 0.0221. The molecule has 1 aliphatic rings. The monoisotopic (exact) mass is 219 g/mol. The highest BCUT2D eigenvalue weighted by atomic mass is 16.2. The second-order valence-electron chi connectivity index (χ2n) is 4.13.